The Bertz CT molecular complexity index is 172. The fourth-order valence-electron chi connectivity index (χ4n) is 2.61. The predicted octanol–water partition coefficient (Wildman–Crippen LogP) is 1.87. The Morgan fingerprint density at radius 1 is 1.50 bits per heavy atom. The lowest BCUT2D eigenvalue weighted by atomic mass is 10.0. The number of hydrogen-bond acceptors (Lipinski definition) is 1. The van der Waals surface area contributed by atoms with E-state index in [4.69, 9.17) is 0 Å². The van der Waals surface area contributed by atoms with Crippen LogP contribution in [0.2, 0.25) is 0 Å². The second-order valence-electron chi connectivity index (χ2n) is 4.02. The van der Waals surface area contributed by atoms with Crippen molar-refractivity contribution in [3.63, 3.8) is 0 Å². The van der Waals surface area contributed by atoms with Crippen LogP contribution in [0, 0.1) is 23.7 Å². The molecule has 1 unspecified atom stereocenters. The summed E-state index contributed by atoms with van der Waals surface area (Å²) in [6.07, 6.45) is 2.06. The molecule has 0 amide bonds. The van der Waals surface area contributed by atoms with Gasteiger partial charge in [-0.05, 0) is 24.2 Å². The number of Topliss-reactive ketones (excluding diaryl/α,β-unsaturated/α-hetero) is 1. The average Bonchev–Trinajstić information content (AvgIpc) is 2.48. The standard InChI is InChI=1S/C9H14O/c1-5(2)8-6-3-4-7(10)9(6)8/h5-6,8-9H,3-4H2,1-2H3/t6-,8?,9+/m0/s1. The van der Waals surface area contributed by atoms with E-state index in [2.05, 4.69) is 13.8 Å². The second-order valence-corrected chi connectivity index (χ2v) is 4.02. The van der Waals surface area contributed by atoms with Crippen LogP contribution < -0.4 is 0 Å². The van der Waals surface area contributed by atoms with Crippen LogP contribution in [0.4, 0.5) is 0 Å². The van der Waals surface area contributed by atoms with Crippen LogP contribution in [0.1, 0.15) is 26.7 Å². The van der Waals surface area contributed by atoms with Gasteiger partial charge in [-0.1, -0.05) is 13.8 Å². The van der Waals surface area contributed by atoms with E-state index in [0.717, 1.165) is 24.2 Å². The van der Waals surface area contributed by atoms with E-state index in [-0.39, 0.29) is 0 Å². The zero-order chi connectivity index (χ0) is 7.30. The van der Waals surface area contributed by atoms with Gasteiger partial charge in [0, 0.05) is 12.3 Å². The zero-order valence-electron chi connectivity index (χ0n) is 6.63. The lowest BCUT2D eigenvalue weighted by molar-refractivity contribution is -0.119. The molecule has 2 saturated carbocycles. The molecule has 0 bridgehead atoms. The van der Waals surface area contributed by atoms with Crippen molar-refractivity contribution in [1.29, 1.82) is 0 Å². The number of hydrogen-bond donors (Lipinski definition) is 0. The van der Waals surface area contributed by atoms with Crippen LogP contribution in [-0.4, -0.2) is 5.78 Å². The van der Waals surface area contributed by atoms with Gasteiger partial charge in [0.2, 0.25) is 0 Å². The van der Waals surface area contributed by atoms with E-state index in [1.165, 1.54) is 6.42 Å². The topological polar surface area (TPSA) is 17.1 Å². The summed E-state index contributed by atoms with van der Waals surface area (Å²) in [5.41, 5.74) is 0. The molecule has 1 heteroatoms. The van der Waals surface area contributed by atoms with E-state index in [9.17, 15) is 4.79 Å². The maximum atomic E-state index is 11.1. The molecule has 0 saturated heterocycles. The molecular weight excluding hydrogens is 124 g/mol. The third-order valence-electron chi connectivity index (χ3n) is 3.10. The fourth-order valence-corrected chi connectivity index (χ4v) is 2.61. The largest absolute Gasteiger partial charge is 0.299 e. The molecule has 0 heterocycles. The van der Waals surface area contributed by atoms with Gasteiger partial charge in [0.25, 0.3) is 0 Å². The van der Waals surface area contributed by atoms with E-state index < -0.39 is 0 Å². The molecular formula is C9H14O. The molecule has 2 aliphatic carbocycles. The Hall–Kier alpha value is -0.330. The number of rotatable bonds is 1. The highest BCUT2D eigenvalue weighted by Crippen LogP contribution is 2.58. The molecule has 3 atom stereocenters. The van der Waals surface area contributed by atoms with Gasteiger partial charge in [0.15, 0.2) is 0 Å². The Balaban J connectivity index is 2.05. The van der Waals surface area contributed by atoms with Gasteiger partial charge in [0.1, 0.15) is 5.78 Å². The van der Waals surface area contributed by atoms with Crippen molar-refractivity contribution < 1.29 is 4.79 Å². The minimum absolute atomic E-state index is 0.500. The molecule has 10 heavy (non-hydrogen) atoms. The van der Waals surface area contributed by atoms with Crippen LogP contribution in [0.25, 0.3) is 0 Å². The molecule has 1 nitrogen and oxygen atoms in total. The summed E-state index contributed by atoms with van der Waals surface area (Å²) < 4.78 is 0. The molecule has 2 rings (SSSR count). The molecule has 0 aliphatic heterocycles. The van der Waals surface area contributed by atoms with Gasteiger partial charge in [-0.15, -0.1) is 0 Å². The zero-order valence-corrected chi connectivity index (χ0v) is 6.63. The van der Waals surface area contributed by atoms with Crippen molar-refractivity contribution in [2.75, 3.05) is 0 Å². The van der Waals surface area contributed by atoms with Crippen molar-refractivity contribution in [1.82, 2.24) is 0 Å². The van der Waals surface area contributed by atoms with Gasteiger partial charge in [-0.25, -0.2) is 0 Å². The Labute approximate surface area is 61.8 Å². The minimum Gasteiger partial charge on any atom is -0.299 e. The highest BCUT2D eigenvalue weighted by molar-refractivity contribution is 5.87. The van der Waals surface area contributed by atoms with Crippen LogP contribution in [-0.2, 0) is 4.79 Å². The summed E-state index contributed by atoms with van der Waals surface area (Å²) in [6, 6.07) is 0. The summed E-state index contributed by atoms with van der Waals surface area (Å²) in [5, 5.41) is 0. The van der Waals surface area contributed by atoms with Crippen molar-refractivity contribution in [2.24, 2.45) is 23.7 Å². The third-order valence-corrected chi connectivity index (χ3v) is 3.10. The molecule has 0 N–H and O–H groups in total. The van der Waals surface area contributed by atoms with Crippen molar-refractivity contribution in [2.45, 2.75) is 26.7 Å². The first-order chi connectivity index (χ1) is 4.72. The molecule has 0 aromatic carbocycles. The number of carbonyl (C=O) groups excluding carboxylic acids is 1. The van der Waals surface area contributed by atoms with Crippen LogP contribution in [0.3, 0.4) is 0 Å². The third kappa shape index (κ3) is 0.664. The molecule has 0 spiro atoms. The highest BCUT2D eigenvalue weighted by Gasteiger charge is 2.58. The lowest BCUT2D eigenvalue weighted by Gasteiger charge is -2.04. The molecule has 2 fully saturated rings. The van der Waals surface area contributed by atoms with Gasteiger partial charge >= 0.3 is 0 Å². The Kier molecular flexibility index (Phi) is 1.17. The summed E-state index contributed by atoms with van der Waals surface area (Å²) in [6.45, 7) is 4.46. The fraction of sp³-hybridized carbons (Fsp3) is 0.889. The summed E-state index contributed by atoms with van der Waals surface area (Å²) in [5.74, 6) is 3.34. The maximum absolute atomic E-state index is 11.1. The normalized spacial score (nSPS) is 44.3. The van der Waals surface area contributed by atoms with Gasteiger partial charge < -0.3 is 0 Å². The minimum atomic E-state index is 0.500. The smallest absolute Gasteiger partial charge is 0.136 e. The van der Waals surface area contributed by atoms with Gasteiger partial charge in [-0.2, -0.15) is 0 Å². The SMILES string of the molecule is CC(C)C1[C@H]2C(=O)CC[C@@H]12. The van der Waals surface area contributed by atoms with Crippen LogP contribution in [0.5, 0.6) is 0 Å². The Morgan fingerprint density at radius 2 is 2.20 bits per heavy atom. The van der Waals surface area contributed by atoms with Crippen molar-refractivity contribution in [3.8, 4) is 0 Å². The quantitative estimate of drug-likeness (QED) is 0.540. The van der Waals surface area contributed by atoms with Crippen molar-refractivity contribution in [3.05, 3.63) is 0 Å². The summed E-state index contributed by atoms with van der Waals surface area (Å²) in [4.78, 5) is 11.1. The van der Waals surface area contributed by atoms with E-state index >= 15 is 0 Å². The predicted molar refractivity (Wildman–Crippen MR) is 39.5 cm³/mol. The highest BCUT2D eigenvalue weighted by atomic mass is 16.1. The first-order valence-electron chi connectivity index (χ1n) is 4.24. The molecule has 56 valence electrons. The Morgan fingerprint density at radius 3 is 2.50 bits per heavy atom. The van der Waals surface area contributed by atoms with Crippen LogP contribution >= 0.6 is 0 Å². The van der Waals surface area contributed by atoms with E-state index in [0.29, 0.717) is 11.7 Å². The molecule has 0 aromatic heterocycles. The first kappa shape index (κ1) is 6.38. The summed E-state index contributed by atoms with van der Waals surface area (Å²) in [7, 11) is 0. The first-order valence-corrected chi connectivity index (χ1v) is 4.24. The van der Waals surface area contributed by atoms with E-state index in [1.54, 1.807) is 0 Å². The molecule has 2 aliphatic rings. The lowest BCUT2D eigenvalue weighted by Crippen LogP contribution is -2.03. The van der Waals surface area contributed by atoms with Crippen LogP contribution in [0.15, 0.2) is 0 Å². The maximum Gasteiger partial charge on any atom is 0.136 e. The number of ketones is 1. The number of fused-ring (bicyclic) bond motifs is 1. The van der Waals surface area contributed by atoms with Gasteiger partial charge in [-0.3, -0.25) is 4.79 Å². The van der Waals surface area contributed by atoms with Gasteiger partial charge in [0.05, 0.1) is 0 Å². The summed E-state index contributed by atoms with van der Waals surface area (Å²) >= 11 is 0. The monoisotopic (exact) mass is 138 g/mol. The number of carbonyl (C=O) groups is 1. The van der Waals surface area contributed by atoms with E-state index in [1.807, 2.05) is 0 Å². The second kappa shape index (κ2) is 1.84. The van der Waals surface area contributed by atoms with Crippen molar-refractivity contribution >= 4 is 5.78 Å². The average molecular weight is 138 g/mol. The molecule has 0 radical (unpaired) electrons. The molecule has 0 aromatic rings.